The molecule has 5 heteroatoms. The van der Waals surface area contributed by atoms with E-state index in [4.69, 9.17) is 5.73 Å². The molecule has 0 saturated carbocycles. The zero-order valence-electron chi connectivity index (χ0n) is 10.4. The number of nitrogens with zero attached hydrogens (tertiary/aromatic N) is 1. The fourth-order valence-electron chi connectivity index (χ4n) is 1.66. The third-order valence-corrected chi connectivity index (χ3v) is 2.65. The predicted molar refractivity (Wildman–Crippen MR) is 66.8 cm³/mol. The summed E-state index contributed by atoms with van der Waals surface area (Å²) in [5, 5.41) is 0. The largest absolute Gasteiger partial charge is 0.332 e. The van der Waals surface area contributed by atoms with Gasteiger partial charge in [0.05, 0.1) is 6.54 Å². The molecule has 0 aromatic heterocycles. The highest BCUT2D eigenvalue weighted by atomic mass is 19.3. The zero-order valence-corrected chi connectivity index (χ0v) is 10.4. The number of carbonyl (C=O) groups is 1. The van der Waals surface area contributed by atoms with E-state index in [0.29, 0.717) is 5.56 Å². The Labute approximate surface area is 106 Å². The number of halogens is 2. The molecule has 18 heavy (non-hydrogen) atoms. The Morgan fingerprint density at radius 2 is 1.94 bits per heavy atom. The van der Waals surface area contributed by atoms with Gasteiger partial charge < -0.3 is 10.6 Å². The number of hydrogen-bond acceptors (Lipinski definition) is 2. The van der Waals surface area contributed by atoms with Crippen LogP contribution in [-0.4, -0.2) is 36.9 Å². The number of nitrogens with two attached hydrogens (primary N) is 1. The first kappa shape index (κ1) is 14.6. The van der Waals surface area contributed by atoms with E-state index < -0.39 is 18.9 Å². The molecule has 0 aliphatic rings. The number of aryl methyl sites for hydroxylation is 1. The van der Waals surface area contributed by atoms with E-state index in [9.17, 15) is 13.6 Å². The molecule has 1 aromatic rings. The second-order valence-electron chi connectivity index (χ2n) is 3.98. The highest BCUT2D eigenvalue weighted by Gasteiger charge is 2.18. The van der Waals surface area contributed by atoms with Crippen molar-refractivity contribution in [2.75, 3.05) is 19.6 Å². The van der Waals surface area contributed by atoms with Gasteiger partial charge in [-0.3, -0.25) is 4.79 Å². The van der Waals surface area contributed by atoms with Gasteiger partial charge in [0.15, 0.2) is 0 Å². The van der Waals surface area contributed by atoms with E-state index in [1.54, 1.807) is 12.1 Å². The van der Waals surface area contributed by atoms with Crippen molar-refractivity contribution in [2.24, 2.45) is 5.73 Å². The summed E-state index contributed by atoms with van der Waals surface area (Å²) in [6, 6.07) is 6.98. The van der Waals surface area contributed by atoms with Gasteiger partial charge in [0.25, 0.3) is 12.3 Å². The molecule has 1 rings (SSSR count). The van der Waals surface area contributed by atoms with Gasteiger partial charge in [-0.25, -0.2) is 8.78 Å². The van der Waals surface area contributed by atoms with Gasteiger partial charge >= 0.3 is 0 Å². The SMILES string of the molecule is CCc1ccc(C(=O)N(CCN)CC(F)F)cc1. The molecule has 0 aliphatic carbocycles. The molecular formula is C13H18F2N2O. The molecule has 0 bridgehead atoms. The van der Waals surface area contributed by atoms with Crippen molar-refractivity contribution < 1.29 is 13.6 Å². The van der Waals surface area contributed by atoms with Crippen LogP contribution in [0.4, 0.5) is 8.78 Å². The summed E-state index contributed by atoms with van der Waals surface area (Å²) < 4.78 is 24.7. The summed E-state index contributed by atoms with van der Waals surface area (Å²) in [4.78, 5) is 13.1. The Hall–Kier alpha value is -1.49. The number of rotatable bonds is 6. The van der Waals surface area contributed by atoms with Crippen molar-refractivity contribution in [3.8, 4) is 0 Å². The van der Waals surface area contributed by atoms with Gasteiger partial charge in [0, 0.05) is 18.7 Å². The summed E-state index contributed by atoms with van der Waals surface area (Å²) >= 11 is 0. The average molecular weight is 256 g/mol. The minimum Gasteiger partial charge on any atom is -0.332 e. The van der Waals surface area contributed by atoms with E-state index in [-0.39, 0.29) is 13.1 Å². The third-order valence-electron chi connectivity index (χ3n) is 2.65. The maximum atomic E-state index is 12.4. The van der Waals surface area contributed by atoms with Crippen molar-refractivity contribution in [1.82, 2.24) is 4.90 Å². The Morgan fingerprint density at radius 1 is 1.33 bits per heavy atom. The summed E-state index contributed by atoms with van der Waals surface area (Å²) in [5.41, 5.74) is 6.85. The van der Waals surface area contributed by atoms with Crippen LogP contribution in [0.2, 0.25) is 0 Å². The number of hydrogen-bond donors (Lipinski definition) is 1. The Morgan fingerprint density at radius 3 is 2.39 bits per heavy atom. The van der Waals surface area contributed by atoms with Gasteiger partial charge in [0.2, 0.25) is 0 Å². The average Bonchev–Trinajstić information content (AvgIpc) is 2.37. The molecule has 0 heterocycles. The van der Waals surface area contributed by atoms with E-state index in [2.05, 4.69) is 0 Å². The predicted octanol–water partition coefficient (Wildman–Crippen LogP) is 1.92. The van der Waals surface area contributed by atoms with Crippen molar-refractivity contribution in [2.45, 2.75) is 19.8 Å². The van der Waals surface area contributed by atoms with Crippen LogP contribution >= 0.6 is 0 Å². The first-order valence-corrected chi connectivity index (χ1v) is 5.95. The molecule has 100 valence electrons. The monoisotopic (exact) mass is 256 g/mol. The molecule has 0 unspecified atom stereocenters. The lowest BCUT2D eigenvalue weighted by molar-refractivity contribution is 0.0563. The number of carbonyl (C=O) groups excluding carboxylic acids is 1. The lowest BCUT2D eigenvalue weighted by Gasteiger charge is -2.21. The second-order valence-corrected chi connectivity index (χ2v) is 3.98. The molecule has 0 fully saturated rings. The lowest BCUT2D eigenvalue weighted by atomic mass is 10.1. The molecule has 0 spiro atoms. The molecule has 1 aromatic carbocycles. The maximum Gasteiger partial charge on any atom is 0.255 e. The number of benzene rings is 1. The van der Waals surface area contributed by atoms with Crippen LogP contribution in [-0.2, 0) is 6.42 Å². The summed E-state index contributed by atoms with van der Waals surface area (Å²) in [7, 11) is 0. The minimum atomic E-state index is -2.55. The Bertz CT molecular complexity index is 379. The third kappa shape index (κ3) is 4.07. The van der Waals surface area contributed by atoms with Crippen LogP contribution in [0.1, 0.15) is 22.8 Å². The highest BCUT2D eigenvalue weighted by molar-refractivity contribution is 5.94. The summed E-state index contributed by atoms with van der Waals surface area (Å²) in [6.07, 6.45) is -1.67. The zero-order chi connectivity index (χ0) is 13.5. The molecule has 0 atom stereocenters. The van der Waals surface area contributed by atoms with Crippen LogP contribution in [0.5, 0.6) is 0 Å². The Kier molecular flexibility index (Phi) is 5.71. The van der Waals surface area contributed by atoms with Crippen molar-refractivity contribution in [3.05, 3.63) is 35.4 Å². The van der Waals surface area contributed by atoms with Crippen molar-refractivity contribution >= 4 is 5.91 Å². The van der Waals surface area contributed by atoms with Crippen molar-refractivity contribution in [1.29, 1.82) is 0 Å². The minimum absolute atomic E-state index is 0.138. The van der Waals surface area contributed by atoms with Crippen LogP contribution in [0.3, 0.4) is 0 Å². The molecule has 0 aliphatic heterocycles. The molecule has 1 amide bonds. The first-order valence-electron chi connectivity index (χ1n) is 5.95. The van der Waals surface area contributed by atoms with Crippen LogP contribution in [0, 0.1) is 0 Å². The molecule has 2 N–H and O–H groups in total. The molecule has 0 radical (unpaired) electrons. The van der Waals surface area contributed by atoms with Gasteiger partial charge in [-0.05, 0) is 24.1 Å². The lowest BCUT2D eigenvalue weighted by Crippen LogP contribution is -2.38. The fraction of sp³-hybridized carbons (Fsp3) is 0.462. The number of alkyl halides is 2. The van der Waals surface area contributed by atoms with E-state index in [0.717, 1.165) is 16.9 Å². The quantitative estimate of drug-likeness (QED) is 0.845. The topological polar surface area (TPSA) is 46.3 Å². The molecule has 3 nitrogen and oxygen atoms in total. The van der Waals surface area contributed by atoms with Gasteiger partial charge in [-0.15, -0.1) is 0 Å². The van der Waals surface area contributed by atoms with Crippen LogP contribution < -0.4 is 5.73 Å². The molecular weight excluding hydrogens is 238 g/mol. The fourth-order valence-corrected chi connectivity index (χ4v) is 1.66. The standard InChI is InChI=1S/C13H18F2N2O/c1-2-10-3-5-11(6-4-10)13(18)17(8-7-16)9-12(14)15/h3-6,12H,2,7-9,16H2,1H3. The smallest absolute Gasteiger partial charge is 0.255 e. The number of amides is 1. The second kappa shape index (κ2) is 7.06. The van der Waals surface area contributed by atoms with E-state index in [1.165, 1.54) is 0 Å². The normalized spacial score (nSPS) is 10.7. The summed E-state index contributed by atoms with van der Waals surface area (Å²) in [6.45, 7) is 1.74. The van der Waals surface area contributed by atoms with E-state index >= 15 is 0 Å². The maximum absolute atomic E-state index is 12.4. The van der Waals surface area contributed by atoms with Crippen LogP contribution in [0.25, 0.3) is 0 Å². The first-order chi connectivity index (χ1) is 8.58. The Balaban J connectivity index is 2.80. The van der Waals surface area contributed by atoms with E-state index in [1.807, 2.05) is 19.1 Å². The molecule has 0 saturated heterocycles. The van der Waals surface area contributed by atoms with Crippen LogP contribution in [0.15, 0.2) is 24.3 Å². The summed E-state index contributed by atoms with van der Waals surface area (Å²) in [5.74, 6) is -0.400. The highest BCUT2D eigenvalue weighted by Crippen LogP contribution is 2.09. The van der Waals surface area contributed by atoms with Crippen molar-refractivity contribution in [3.63, 3.8) is 0 Å². The van der Waals surface area contributed by atoms with Gasteiger partial charge in [-0.1, -0.05) is 19.1 Å². The van der Waals surface area contributed by atoms with Gasteiger partial charge in [-0.2, -0.15) is 0 Å². The van der Waals surface area contributed by atoms with Gasteiger partial charge in [0.1, 0.15) is 0 Å².